The predicted octanol–water partition coefficient (Wildman–Crippen LogP) is 0.400. The Balaban J connectivity index is 2.96. The second kappa shape index (κ2) is 3.51. The fraction of sp³-hybridized carbons (Fsp3) is 0.250. The van der Waals surface area contributed by atoms with Gasteiger partial charge in [-0.05, 0) is 17.7 Å². The van der Waals surface area contributed by atoms with Crippen molar-refractivity contribution in [1.82, 2.24) is 0 Å². The lowest BCUT2D eigenvalue weighted by atomic mass is 10.1. The summed E-state index contributed by atoms with van der Waals surface area (Å²) < 4.78 is 12.6. The highest BCUT2D eigenvalue weighted by molar-refractivity contribution is 5.43. The van der Waals surface area contributed by atoms with E-state index in [0.29, 0.717) is 5.56 Å². The Morgan fingerprint density at radius 2 is 2.17 bits per heavy atom. The zero-order valence-corrected chi connectivity index (χ0v) is 6.50. The van der Waals surface area contributed by atoms with E-state index in [1.165, 1.54) is 18.2 Å². The SMILES string of the molecule is Nc1cc([C@H](N)CO)ccc1F. The third-order valence-electron chi connectivity index (χ3n) is 1.64. The lowest BCUT2D eigenvalue weighted by Crippen LogP contribution is -2.14. The van der Waals surface area contributed by atoms with Crippen LogP contribution in [0.5, 0.6) is 0 Å². The normalized spacial score (nSPS) is 12.9. The first-order chi connectivity index (χ1) is 5.65. The molecule has 1 aromatic rings. The average Bonchev–Trinajstić information content (AvgIpc) is 2.08. The Bertz CT molecular complexity index is 278. The molecule has 0 aliphatic heterocycles. The summed E-state index contributed by atoms with van der Waals surface area (Å²) in [5, 5.41) is 8.69. The second-order valence-electron chi connectivity index (χ2n) is 2.57. The van der Waals surface area contributed by atoms with E-state index in [-0.39, 0.29) is 12.3 Å². The van der Waals surface area contributed by atoms with Crippen molar-refractivity contribution < 1.29 is 9.50 Å². The second-order valence-corrected chi connectivity index (χ2v) is 2.57. The summed E-state index contributed by atoms with van der Waals surface area (Å²) in [5.41, 5.74) is 11.5. The number of aliphatic hydroxyl groups excluding tert-OH is 1. The number of nitrogen functional groups attached to an aromatic ring is 1. The van der Waals surface area contributed by atoms with Crippen LogP contribution < -0.4 is 11.5 Å². The van der Waals surface area contributed by atoms with Crippen LogP contribution in [0.4, 0.5) is 10.1 Å². The molecule has 66 valence electrons. The van der Waals surface area contributed by atoms with Crippen molar-refractivity contribution >= 4 is 5.69 Å². The summed E-state index contributed by atoms with van der Waals surface area (Å²) in [4.78, 5) is 0. The smallest absolute Gasteiger partial charge is 0.146 e. The number of halogens is 1. The molecular weight excluding hydrogens is 159 g/mol. The Labute approximate surface area is 69.8 Å². The van der Waals surface area contributed by atoms with E-state index in [2.05, 4.69) is 0 Å². The standard InChI is InChI=1S/C8H11FN2O/c9-6-2-1-5(3-7(6)10)8(11)4-12/h1-3,8,12H,4,10-11H2/t8-/m1/s1. The molecular formula is C8H11FN2O. The van der Waals surface area contributed by atoms with Crippen molar-refractivity contribution in [2.75, 3.05) is 12.3 Å². The van der Waals surface area contributed by atoms with Crippen LogP contribution in [0.25, 0.3) is 0 Å². The van der Waals surface area contributed by atoms with Crippen LogP contribution in [0.3, 0.4) is 0 Å². The summed E-state index contributed by atoms with van der Waals surface area (Å²) in [6.45, 7) is -0.176. The maximum absolute atomic E-state index is 12.6. The van der Waals surface area contributed by atoms with Crippen molar-refractivity contribution in [1.29, 1.82) is 0 Å². The van der Waals surface area contributed by atoms with Crippen LogP contribution in [0.15, 0.2) is 18.2 Å². The number of nitrogens with two attached hydrogens (primary N) is 2. The molecule has 1 aromatic carbocycles. The Morgan fingerprint density at radius 3 is 2.67 bits per heavy atom. The van der Waals surface area contributed by atoms with E-state index in [4.69, 9.17) is 16.6 Å². The summed E-state index contributed by atoms with van der Waals surface area (Å²) in [5.74, 6) is -0.469. The van der Waals surface area contributed by atoms with Gasteiger partial charge in [0.15, 0.2) is 0 Å². The van der Waals surface area contributed by atoms with Crippen LogP contribution in [0, 0.1) is 5.82 Å². The number of benzene rings is 1. The molecule has 3 nitrogen and oxygen atoms in total. The van der Waals surface area contributed by atoms with Gasteiger partial charge in [-0.1, -0.05) is 6.07 Å². The molecule has 4 heteroatoms. The van der Waals surface area contributed by atoms with E-state index >= 15 is 0 Å². The monoisotopic (exact) mass is 170 g/mol. The Morgan fingerprint density at radius 1 is 1.50 bits per heavy atom. The van der Waals surface area contributed by atoms with Gasteiger partial charge in [-0.3, -0.25) is 0 Å². The van der Waals surface area contributed by atoms with Crippen LogP contribution in [0.2, 0.25) is 0 Å². The summed E-state index contributed by atoms with van der Waals surface area (Å²) in [6, 6.07) is 3.68. The molecule has 0 bridgehead atoms. The lowest BCUT2D eigenvalue weighted by molar-refractivity contribution is 0.268. The highest BCUT2D eigenvalue weighted by Gasteiger charge is 2.06. The third-order valence-corrected chi connectivity index (χ3v) is 1.64. The predicted molar refractivity (Wildman–Crippen MR) is 44.8 cm³/mol. The van der Waals surface area contributed by atoms with Crippen LogP contribution in [-0.4, -0.2) is 11.7 Å². The first kappa shape index (κ1) is 8.96. The minimum absolute atomic E-state index is 0.0522. The largest absolute Gasteiger partial charge is 0.396 e. The third kappa shape index (κ3) is 1.72. The van der Waals surface area contributed by atoms with Crippen molar-refractivity contribution in [3.05, 3.63) is 29.6 Å². The van der Waals surface area contributed by atoms with E-state index in [1.54, 1.807) is 0 Å². The first-order valence-corrected chi connectivity index (χ1v) is 3.56. The topological polar surface area (TPSA) is 72.3 Å². The minimum Gasteiger partial charge on any atom is -0.396 e. The van der Waals surface area contributed by atoms with Gasteiger partial charge in [-0.15, -0.1) is 0 Å². The minimum atomic E-state index is -0.493. The molecule has 0 unspecified atom stereocenters. The van der Waals surface area contributed by atoms with Gasteiger partial charge in [0.1, 0.15) is 5.82 Å². The van der Waals surface area contributed by atoms with E-state index in [1.807, 2.05) is 0 Å². The van der Waals surface area contributed by atoms with Crippen molar-refractivity contribution in [2.45, 2.75) is 6.04 Å². The van der Waals surface area contributed by atoms with Gasteiger partial charge in [-0.2, -0.15) is 0 Å². The number of anilines is 1. The Hall–Kier alpha value is -1.13. The van der Waals surface area contributed by atoms with Crippen molar-refractivity contribution in [3.63, 3.8) is 0 Å². The molecule has 0 saturated carbocycles. The van der Waals surface area contributed by atoms with Crippen molar-refractivity contribution in [2.24, 2.45) is 5.73 Å². The number of hydrogen-bond donors (Lipinski definition) is 3. The molecule has 0 aliphatic carbocycles. The zero-order chi connectivity index (χ0) is 9.14. The van der Waals surface area contributed by atoms with Crippen LogP contribution in [-0.2, 0) is 0 Å². The highest BCUT2D eigenvalue weighted by Crippen LogP contribution is 2.16. The van der Waals surface area contributed by atoms with Gasteiger partial charge in [-0.25, -0.2) is 4.39 Å². The zero-order valence-electron chi connectivity index (χ0n) is 6.50. The van der Waals surface area contributed by atoms with Gasteiger partial charge in [0.2, 0.25) is 0 Å². The van der Waals surface area contributed by atoms with Gasteiger partial charge in [0.05, 0.1) is 18.3 Å². The number of hydrogen-bond acceptors (Lipinski definition) is 3. The maximum atomic E-state index is 12.6. The molecule has 0 aliphatic rings. The highest BCUT2D eigenvalue weighted by atomic mass is 19.1. The molecule has 0 fully saturated rings. The van der Waals surface area contributed by atoms with E-state index < -0.39 is 11.9 Å². The van der Waals surface area contributed by atoms with E-state index in [9.17, 15) is 4.39 Å². The summed E-state index contributed by atoms with van der Waals surface area (Å²) in [7, 11) is 0. The fourth-order valence-corrected chi connectivity index (χ4v) is 0.898. The van der Waals surface area contributed by atoms with Gasteiger partial charge >= 0.3 is 0 Å². The quantitative estimate of drug-likeness (QED) is 0.562. The van der Waals surface area contributed by atoms with Crippen molar-refractivity contribution in [3.8, 4) is 0 Å². The molecule has 1 rings (SSSR count). The number of aliphatic hydroxyl groups is 1. The molecule has 0 radical (unpaired) electrons. The number of rotatable bonds is 2. The van der Waals surface area contributed by atoms with Crippen LogP contribution >= 0.6 is 0 Å². The molecule has 0 saturated heterocycles. The van der Waals surface area contributed by atoms with Gasteiger partial charge in [0.25, 0.3) is 0 Å². The molecule has 5 N–H and O–H groups in total. The summed E-state index contributed by atoms with van der Waals surface area (Å²) >= 11 is 0. The average molecular weight is 170 g/mol. The molecule has 0 spiro atoms. The molecule has 0 heterocycles. The molecule has 0 aromatic heterocycles. The molecule has 12 heavy (non-hydrogen) atoms. The van der Waals surface area contributed by atoms with E-state index in [0.717, 1.165) is 0 Å². The summed E-state index contributed by atoms with van der Waals surface area (Å²) in [6.07, 6.45) is 0. The Kier molecular flexibility index (Phi) is 2.62. The molecule has 0 amide bonds. The molecule has 1 atom stereocenters. The lowest BCUT2D eigenvalue weighted by Gasteiger charge is -2.08. The van der Waals surface area contributed by atoms with Gasteiger partial charge in [0, 0.05) is 0 Å². The first-order valence-electron chi connectivity index (χ1n) is 3.56. The maximum Gasteiger partial charge on any atom is 0.146 e. The van der Waals surface area contributed by atoms with Crippen LogP contribution in [0.1, 0.15) is 11.6 Å². The fourth-order valence-electron chi connectivity index (χ4n) is 0.898. The van der Waals surface area contributed by atoms with Gasteiger partial charge < -0.3 is 16.6 Å².